The van der Waals surface area contributed by atoms with Crippen LogP contribution in [0.25, 0.3) is 22.1 Å². The number of benzene rings is 1. The van der Waals surface area contributed by atoms with E-state index in [1.54, 1.807) is 0 Å². The summed E-state index contributed by atoms with van der Waals surface area (Å²) in [5, 5.41) is 6.55. The number of rotatable bonds is 1. The molecule has 4 nitrogen and oxygen atoms in total. The molecule has 22 heavy (non-hydrogen) atoms. The van der Waals surface area contributed by atoms with Gasteiger partial charge in [-0.05, 0) is 44.5 Å². The van der Waals surface area contributed by atoms with Crippen LogP contribution in [0.5, 0.6) is 0 Å². The number of fused-ring (bicyclic) bond motifs is 3. The van der Waals surface area contributed by atoms with Crippen LogP contribution in [-0.4, -0.2) is 23.1 Å². The predicted octanol–water partition coefficient (Wildman–Crippen LogP) is 4.17. The summed E-state index contributed by atoms with van der Waals surface area (Å²) < 4.78 is 6.13. The zero-order valence-electron chi connectivity index (χ0n) is 13.3. The normalized spacial score (nSPS) is 18.9. The highest BCUT2D eigenvalue weighted by atomic mass is 16.3. The third-order valence-corrected chi connectivity index (χ3v) is 4.49. The molecule has 0 saturated carbocycles. The smallest absolute Gasteiger partial charge is 0.227 e. The van der Waals surface area contributed by atoms with Crippen LogP contribution < -0.4 is 5.01 Å². The minimum atomic E-state index is 0.374. The van der Waals surface area contributed by atoms with Gasteiger partial charge in [0.2, 0.25) is 5.71 Å². The van der Waals surface area contributed by atoms with E-state index in [4.69, 9.17) is 4.42 Å². The number of furan rings is 1. The van der Waals surface area contributed by atoms with Crippen LogP contribution in [0.4, 0.5) is 5.69 Å². The second-order valence-corrected chi connectivity index (χ2v) is 6.02. The molecule has 3 aromatic rings. The van der Waals surface area contributed by atoms with Crippen LogP contribution in [0, 0.1) is 13.8 Å². The molecule has 0 N–H and O–H groups in total. The van der Waals surface area contributed by atoms with Gasteiger partial charge in [0, 0.05) is 35.8 Å². The van der Waals surface area contributed by atoms with Crippen molar-refractivity contribution in [2.75, 3.05) is 12.1 Å². The lowest BCUT2D eigenvalue weighted by atomic mass is 10.1. The molecule has 112 valence electrons. The van der Waals surface area contributed by atoms with E-state index in [1.807, 2.05) is 13.0 Å². The molecule has 4 rings (SSSR count). The Balaban J connectivity index is 2.03. The second kappa shape index (κ2) is 4.58. The summed E-state index contributed by atoms with van der Waals surface area (Å²) in [6, 6.07) is 8.77. The first-order valence-corrected chi connectivity index (χ1v) is 7.56. The van der Waals surface area contributed by atoms with Crippen LogP contribution in [-0.2, 0) is 0 Å². The van der Waals surface area contributed by atoms with E-state index in [0.29, 0.717) is 11.8 Å². The number of likely N-dealkylation sites (N-methyl/N-ethyl adjacent to an activating group) is 1. The van der Waals surface area contributed by atoms with Crippen molar-refractivity contribution >= 4 is 27.8 Å². The van der Waals surface area contributed by atoms with Crippen molar-refractivity contribution < 1.29 is 4.42 Å². The van der Waals surface area contributed by atoms with Gasteiger partial charge in [0.15, 0.2) is 5.58 Å². The van der Waals surface area contributed by atoms with Crippen LogP contribution >= 0.6 is 0 Å². The molecule has 0 aliphatic carbocycles. The number of anilines is 1. The molecule has 1 aromatic carbocycles. The number of hydrogen-bond donors (Lipinski definition) is 0. The molecular formula is C18H19N3O. The fraction of sp³-hybridized carbons (Fsp3) is 0.278. The zero-order chi connectivity index (χ0) is 15.4. The number of pyridine rings is 1. The van der Waals surface area contributed by atoms with Gasteiger partial charge in [0.25, 0.3) is 0 Å². The van der Waals surface area contributed by atoms with Gasteiger partial charge in [0.1, 0.15) is 5.69 Å². The van der Waals surface area contributed by atoms with Gasteiger partial charge in [-0.25, -0.2) is 9.99 Å². The minimum Gasteiger partial charge on any atom is -0.435 e. The summed E-state index contributed by atoms with van der Waals surface area (Å²) in [5.41, 5.74) is 4.86. The first kappa shape index (κ1) is 13.3. The third-order valence-electron chi connectivity index (χ3n) is 4.49. The average Bonchev–Trinajstić information content (AvgIpc) is 3.00. The Morgan fingerprint density at radius 1 is 1.09 bits per heavy atom. The lowest BCUT2D eigenvalue weighted by Crippen LogP contribution is -2.36. The largest absolute Gasteiger partial charge is 0.435 e. The van der Waals surface area contributed by atoms with Crippen molar-refractivity contribution in [2.45, 2.75) is 26.8 Å². The Hall–Kier alpha value is -2.33. The van der Waals surface area contributed by atoms with Gasteiger partial charge in [-0.1, -0.05) is 12.1 Å². The van der Waals surface area contributed by atoms with E-state index in [0.717, 1.165) is 27.7 Å². The van der Waals surface area contributed by atoms with Crippen molar-refractivity contribution in [1.29, 1.82) is 0 Å². The summed E-state index contributed by atoms with van der Waals surface area (Å²) in [7, 11) is 2.09. The molecule has 1 atom stereocenters. The highest BCUT2D eigenvalue weighted by molar-refractivity contribution is 6.08. The Morgan fingerprint density at radius 2 is 1.86 bits per heavy atom. The number of hydrazine groups is 1. The maximum atomic E-state index is 6.13. The molecular weight excluding hydrogens is 274 g/mol. The SMILES string of the molecule is Cc1ccc2c(n1)oc1c(N3C=CC(C)N3C)c(C)ccc12. The fourth-order valence-corrected chi connectivity index (χ4v) is 3.05. The summed E-state index contributed by atoms with van der Waals surface area (Å²) >= 11 is 0. The highest BCUT2D eigenvalue weighted by Gasteiger charge is 2.25. The van der Waals surface area contributed by atoms with Crippen LogP contribution in [0.15, 0.2) is 41.0 Å². The Morgan fingerprint density at radius 3 is 2.59 bits per heavy atom. The minimum absolute atomic E-state index is 0.374. The Labute approximate surface area is 129 Å². The molecule has 1 unspecified atom stereocenters. The Kier molecular flexibility index (Phi) is 2.78. The molecule has 4 heteroatoms. The van der Waals surface area contributed by atoms with Crippen molar-refractivity contribution in [3.05, 3.63) is 47.8 Å². The molecule has 3 heterocycles. The fourth-order valence-electron chi connectivity index (χ4n) is 3.05. The maximum Gasteiger partial charge on any atom is 0.227 e. The monoisotopic (exact) mass is 293 g/mol. The first-order valence-electron chi connectivity index (χ1n) is 7.56. The van der Waals surface area contributed by atoms with Gasteiger partial charge in [-0.15, -0.1) is 0 Å². The second-order valence-electron chi connectivity index (χ2n) is 6.02. The van der Waals surface area contributed by atoms with Gasteiger partial charge in [0.05, 0.1) is 0 Å². The van der Waals surface area contributed by atoms with E-state index in [9.17, 15) is 0 Å². The number of hydrogen-bond acceptors (Lipinski definition) is 4. The molecule has 0 bridgehead atoms. The molecule has 0 saturated heterocycles. The van der Waals surface area contributed by atoms with Crippen molar-refractivity contribution in [2.24, 2.45) is 0 Å². The van der Waals surface area contributed by atoms with E-state index >= 15 is 0 Å². The molecule has 0 fully saturated rings. The van der Waals surface area contributed by atoms with Crippen LogP contribution in [0.1, 0.15) is 18.2 Å². The van der Waals surface area contributed by atoms with Gasteiger partial charge >= 0.3 is 0 Å². The van der Waals surface area contributed by atoms with Crippen LogP contribution in [0.2, 0.25) is 0 Å². The lowest BCUT2D eigenvalue weighted by Gasteiger charge is -2.29. The Bertz CT molecular complexity index is 909. The molecule has 1 aliphatic heterocycles. The first-order chi connectivity index (χ1) is 10.6. The summed E-state index contributed by atoms with van der Waals surface area (Å²) in [6.07, 6.45) is 4.29. The lowest BCUT2D eigenvalue weighted by molar-refractivity contribution is 0.321. The molecule has 0 amide bonds. The van der Waals surface area contributed by atoms with E-state index in [1.165, 1.54) is 5.56 Å². The van der Waals surface area contributed by atoms with E-state index < -0.39 is 0 Å². The van der Waals surface area contributed by atoms with Crippen molar-refractivity contribution in [3.8, 4) is 0 Å². The van der Waals surface area contributed by atoms with Gasteiger partial charge in [-0.2, -0.15) is 0 Å². The third kappa shape index (κ3) is 1.77. The van der Waals surface area contributed by atoms with Crippen LogP contribution in [0.3, 0.4) is 0 Å². The topological polar surface area (TPSA) is 32.5 Å². The molecule has 2 aromatic heterocycles. The van der Waals surface area contributed by atoms with E-state index in [2.05, 4.69) is 66.4 Å². The summed E-state index contributed by atoms with van der Waals surface area (Å²) in [6.45, 7) is 6.28. The van der Waals surface area contributed by atoms with Crippen molar-refractivity contribution in [3.63, 3.8) is 0 Å². The maximum absolute atomic E-state index is 6.13. The average molecular weight is 293 g/mol. The summed E-state index contributed by atoms with van der Waals surface area (Å²) in [4.78, 5) is 4.53. The molecule has 0 spiro atoms. The van der Waals surface area contributed by atoms with Gasteiger partial charge in [-0.3, -0.25) is 5.01 Å². The standard InChI is InChI=1S/C18H19N3O/c1-11-5-7-14-15-8-6-12(2)19-18(15)22-17(14)16(11)21-10-9-13(3)20(21)4/h5-10,13H,1-4H3. The number of aromatic nitrogens is 1. The number of aryl methyl sites for hydroxylation is 2. The molecule has 1 aliphatic rings. The zero-order valence-corrected chi connectivity index (χ0v) is 13.3. The molecule has 0 radical (unpaired) electrons. The predicted molar refractivity (Wildman–Crippen MR) is 89.8 cm³/mol. The summed E-state index contributed by atoms with van der Waals surface area (Å²) in [5.74, 6) is 0. The van der Waals surface area contributed by atoms with E-state index in [-0.39, 0.29) is 0 Å². The quantitative estimate of drug-likeness (QED) is 0.674. The van der Waals surface area contributed by atoms with Crippen molar-refractivity contribution in [1.82, 2.24) is 9.99 Å². The number of nitrogens with zero attached hydrogens (tertiary/aromatic N) is 3. The highest BCUT2D eigenvalue weighted by Crippen LogP contribution is 2.38. The van der Waals surface area contributed by atoms with Gasteiger partial charge < -0.3 is 4.42 Å².